The molecule has 2 aromatic carbocycles. The molecule has 2 N–H and O–H groups in total. The molecule has 0 bridgehead atoms. The van der Waals surface area contributed by atoms with Crippen molar-refractivity contribution in [2.45, 2.75) is 12.7 Å². The first-order valence-electron chi connectivity index (χ1n) is 9.81. The van der Waals surface area contributed by atoms with Gasteiger partial charge in [-0.25, -0.2) is 4.98 Å². The van der Waals surface area contributed by atoms with Gasteiger partial charge < -0.3 is 4.90 Å². The Labute approximate surface area is 168 Å². The first kappa shape index (κ1) is 19.5. The third-order valence-electron chi connectivity index (χ3n) is 5.45. The third-order valence-corrected chi connectivity index (χ3v) is 5.45. The molecule has 0 spiro atoms. The lowest BCUT2D eigenvalue weighted by Crippen LogP contribution is -3.13. The number of rotatable bonds is 4. The number of alkyl halides is 3. The van der Waals surface area contributed by atoms with Gasteiger partial charge in [-0.15, -0.1) is 0 Å². The van der Waals surface area contributed by atoms with Crippen LogP contribution in [0.4, 0.5) is 19.0 Å². The van der Waals surface area contributed by atoms with Crippen molar-refractivity contribution < 1.29 is 23.1 Å². The van der Waals surface area contributed by atoms with Gasteiger partial charge in [-0.1, -0.05) is 54.6 Å². The lowest BCUT2D eigenvalue weighted by atomic mass is 10.0. The van der Waals surface area contributed by atoms with Crippen molar-refractivity contribution in [1.82, 2.24) is 0 Å². The summed E-state index contributed by atoms with van der Waals surface area (Å²) in [5.41, 5.74) is 3.08. The minimum atomic E-state index is -4.31. The molecule has 3 aromatic rings. The quantitative estimate of drug-likeness (QED) is 0.716. The lowest BCUT2D eigenvalue weighted by molar-refractivity contribution is -0.914. The molecule has 0 radical (unpaired) electrons. The van der Waals surface area contributed by atoms with Crippen LogP contribution in [0, 0.1) is 0 Å². The summed E-state index contributed by atoms with van der Waals surface area (Å²) in [6, 6.07) is 21.7. The Morgan fingerprint density at radius 3 is 2.07 bits per heavy atom. The molecule has 1 fully saturated rings. The fourth-order valence-corrected chi connectivity index (χ4v) is 3.76. The van der Waals surface area contributed by atoms with E-state index in [1.165, 1.54) is 27.7 Å². The lowest BCUT2D eigenvalue weighted by Gasteiger charge is -2.28. The highest BCUT2D eigenvalue weighted by Crippen LogP contribution is 2.28. The highest BCUT2D eigenvalue weighted by atomic mass is 19.4. The summed E-state index contributed by atoms with van der Waals surface area (Å²) in [6.07, 6.45) is -3.27. The second-order valence-corrected chi connectivity index (χ2v) is 7.44. The monoisotopic (exact) mass is 399 g/mol. The van der Waals surface area contributed by atoms with E-state index in [0.717, 1.165) is 50.8 Å². The second-order valence-electron chi connectivity index (χ2n) is 7.44. The summed E-state index contributed by atoms with van der Waals surface area (Å²) >= 11 is 0. The van der Waals surface area contributed by atoms with Crippen LogP contribution in [-0.2, 0) is 12.7 Å². The summed E-state index contributed by atoms with van der Waals surface area (Å²) in [7, 11) is 0. The second kappa shape index (κ2) is 8.25. The molecule has 4 rings (SSSR count). The van der Waals surface area contributed by atoms with E-state index in [4.69, 9.17) is 0 Å². The number of aromatic nitrogens is 1. The number of pyridine rings is 1. The summed E-state index contributed by atoms with van der Waals surface area (Å²) in [6.45, 7) is 4.50. The van der Waals surface area contributed by atoms with Crippen molar-refractivity contribution in [3.8, 4) is 11.1 Å². The van der Waals surface area contributed by atoms with Gasteiger partial charge in [0.25, 0.3) is 5.82 Å². The fraction of sp³-hybridized carbons (Fsp3) is 0.261. The van der Waals surface area contributed by atoms with Crippen LogP contribution in [0.25, 0.3) is 11.1 Å². The predicted molar refractivity (Wildman–Crippen MR) is 106 cm³/mol. The molecule has 0 saturated carbocycles. The van der Waals surface area contributed by atoms with Crippen LogP contribution in [0.15, 0.2) is 72.9 Å². The minimum absolute atomic E-state index is 0.649. The van der Waals surface area contributed by atoms with Crippen molar-refractivity contribution >= 4 is 5.82 Å². The number of H-pyrrole nitrogens is 1. The molecule has 0 amide bonds. The van der Waals surface area contributed by atoms with E-state index in [2.05, 4.69) is 46.3 Å². The van der Waals surface area contributed by atoms with E-state index >= 15 is 0 Å². The number of benzene rings is 2. The van der Waals surface area contributed by atoms with Gasteiger partial charge in [0.15, 0.2) is 0 Å². The smallest absolute Gasteiger partial charge is 0.325 e. The number of hydrogen-bond donors (Lipinski definition) is 1. The predicted octanol–water partition coefficient (Wildman–Crippen LogP) is 3.09. The Kier molecular flexibility index (Phi) is 5.53. The van der Waals surface area contributed by atoms with Crippen LogP contribution in [0.5, 0.6) is 0 Å². The normalized spacial score (nSPS) is 15.5. The Morgan fingerprint density at radius 1 is 0.828 bits per heavy atom. The zero-order valence-corrected chi connectivity index (χ0v) is 16.0. The molecular weight excluding hydrogens is 375 g/mol. The maximum absolute atomic E-state index is 12.7. The molecular formula is C23H24F3N3+2. The van der Waals surface area contributed by atoms with Gasteiger partial charge in [0.05, 0.1) is 5.56 Å². The Balaban J connectivity index is 1.32. The molecule has 1 saturated heterocycles. The van der Waals surface area contributed by atoms with Crippen molar-refractivity contribution in [3.63, 3.8) is 0 Å². The number of hydrogen-bond acceptors (Lipinski definition) is 1. The number of aromatic amines is 1. The molecule has 150 valence electrons. The van der Waals surface area contributed by atoms with Gasteiger partial charge in [-0.05, 0) is 17.2 Å². The summed E-state index contributed by atoms with van der Waals surface area (Å²) in [5.74, 6) is 0.740. The number of halogens is 3. The van der Waals surface area contributed by atoms with Crippen molar-refractivity contribution in [2.75, 3.05) is 31.1 Å². The Morgan fingerprint density at radius 2 is 1.48 bits per heavy atom. The van der Waals surface area contributed by atoms with Crippen LogP contribution < -0.4 is 14.8 Å². The van der Waals surface area contributed by atoms with E-state index in [1.807, 2.05) is 18.2 Å². The molecule has 3 nitrogen and oxygen atoms in total. The van der Waals surface area contributed by atoms with Crippen LogP contribution in [0.1, 0.15) is 11.1 Å². The summed E-state index contributed by atoms with van der Waals surface area (Å²) < 4.78 is 38.1. The number of piperazine rings is 1. The van der Waals surface area contributed by atoms with Crippen molar-refractivity contribution in [1.29, 1.82) is 0 Å². The summed E-state index contributed by atoms with van der Waals surface area (Å²) in [5, 5.41) is 0. The topological polar surface area (TPSA) is 21.8 Å². The number of nitrogens with zero attached hydrogens (tertiary/aromatic N) is 1. The number of anilines is 1. The van der Waals surface area contributed by atoms with Gasteiger partial charge >= 0.3 is 6.18 Å². The van der Waals surface area contributed by atoms with E-state index in [1.54, 1.807) is 0 Å². The maximum atomic E-state index is 12.7. The Bertz CT molecular complexity index is 914. The Hall–Kier alpha value is -2.86. The standard InChI is InChI=1S/C23H22F3N3/c24-23(25,26)21-10-11-22(27-16-21)29-14-12-28(13-15-29)17-18-6-8-20(9-7-18)19-4-2-1-3-5-19/h1-11,16H,12-15,17H2/p+2. The van der Waals surface area contributed by atoms with Gasteiger partial charge in [0.2, 0.25) is 0 Å². The SMILES string of the molecule is FC(F)(F)c1ccc(N2CC[NH+](Cc3ccc(-c4ccccc4)cc3)CC2)[nH+]c1. The molecule has 29 heavy (non-hydrogen) atoms. The van der Waals surface area contributed by atoms with Gasteiger partial charge in [0.1, 0.15) is 38.9 Å². The van der Waals surface area contributed by atoms with Crippen LogP contribution in [0.3, 0.4) is 0 Å². The van der Waals surface area contributed by atoms with E-state index < -0.39 is 11.7 Å². The zero-order chi connectivity index (χ0) is 20.3. The largest absolute Gasteiger partial charge is 0.419 e. The van der Waals surface area contributed by atoms with Crippen LogP contribution >= 0.6 is 0 Å². The molecule has 1 aromatic heterocycles. The summed E-state index contributed by atoms with van der Waals surface area (Å²) in [4.78, 5) is 6.40. The highest BCUT2D eigenvalue weighted by Gasteiger charge is 2.33. The first-order valence-corrected chi connectivity index (χ1v) is 9.81. The molecule has 0 atom stereocenters. The average Bonchev–Trinajstić information content (AvgIpc) is 2.75. The van der Waals surface area contributed by atoms with Crippen molar-refractivity contribution in [2.24, 2.45) is 0 Å². The molecule has 2 heterocycles. The van der Waals surface area contributed by atoms with Crippen LogP contribution in [0.2, 0.25) is 0 Å². The van der Waals surface area contributed by atoms with Crippen molar-refractivity contribution in [3.05, 3.63) is 84.1 Å². The number of nitrogens with one attached hydrogen (secondary N) is 2. The average molecular weight is 399 g/mol. The molecule has 1 aliphatic rings. The molecule has 6 heteroatoms. The number of quaternary nitrogens is 1. The maximum Gasteiger partial charge on any atom is 0.419 e. The highest BCUT2D eigenvalue weighted by molar-refractivity contribution is 5.63. The molecule has 0 unspecified atom stereocenters. The van der Waals surface area contributed by atoms with Crippen LogP contribution in [-0.4, -0.2) is 26.2 Å². The van der Waals surface area contributed by atoms with E-state index in [9.17, 15) is 13.2 Å². The van der Waals surface area contributed by atoms with Gasteiger partial charge in [0, 0.05) is 11.6 Å². The zero-order valence-electron chi connectivity index (χ0n) is 16.0. The third kappa shape index (κ3) is 4.77. The van der Waals surface area contributed by atoms with Gasteiger partial charge in [-0.2, -0.15) is 13.2 Å². The fourth-order valence-electron chi connectivity index (χ4n) is 3.76. The van der Waals surface area contributed by atoms with E-state index in [0.29, 0.717) is 0 Å². The van der Waals surface area contributed by atoms with Gasteiger partial charge in [-0.3, -0.25) is 4.90 Å². The molecule has 1 aliphatic heterocycles. The first-order chi connectivity index (χ1) is 14.0. The molecule has 0 aliphatic carbocycles. The van der Waals surface area contributed by atoms with E-state index in [-0.39, 0.29) is 0 Å². The minimum Gasteiger partial charge on any atom is -0.325 e.